The third-order valence-electron chi connectivity index (χ3n) is 18.6. The van der Waals surface area contributed by atoms with Gasteiger partial charge in [-0.3, -0.25) is 0 Å². The molecule has 0 amide bonds. The molecule has 0 bridgehead atoms. The van der Waals surface area contributed by atoms with Gasteiger partial charge in [0, 0.05) is 0 Å². The fraction of sp³-hybridized carbons (Fsp3) is 0. The Labute approximate surface area is 547 Å². The molecule has 0 spiro atoms. The van der Waals surface area contributed by atoms with Crippen LogP contribution in [-0.4, -0.2) is 39.3 Å². The summed E-state index contributed by atoms with van der Waals surface area (Å²) in [5, 5.41) is 0. The van der Waals surface area contributed by atoms with Crippen LogP contribution in [-0.2, 0) is 0 Å². The summed E-state index contributed by atoms with van der Waals surface area (Å²) >= 11 is -1.16. The number of para-hydroxylation sites is 9. The molecule has 92 heavy (non-hydrogen) atoms. The molecule has 4 aliphatic rings. The first-order chi connectivity index (χ1) is 45.7. The van der Waals surface area contributed by atoms with Gasteiger partial charge in [0.25, 0.3) is 0 Å². The Kier molecular flexibility index (Phi) is 13.2. The fourth-order valence-corrected chi connectivity index (χ4v) is 18.4. The molecule has 0 aliphatic carbocycles. The monoisotopic (exact) mass is 1290 g/mol. The van der Waals surface area contributed by atoms with Crippen molar-refractivity contribution in [1.29, 1.82) is 0 Å². The quantitative estimate of drug-likeness (QED) is 0.120. The molecule has 0 radical (unpaired) electrons. The normalized spacial score (nSPS) is 12.8. The van der Waals surface area contributed by atoms with Crippen LogP contribution < -0.4 is 64.5 Å². The summed E-state index contributed by atoms with van der Waals surface area (Å²) in [7, 11) is 0. The zero-order valence-electron chi connectivity index (χ0n) is 50.1. The minimum atomic E-state index is -1.16. The van der Waals surface area contributed by atoms with Gasteiger partial charge in [-0.15, -0.1) is 0 Å². The maximum atomic E-state index is 5.22. The molecule has 9 heteroatoms. The zero-order valence-corrected chi connectivity index (χ0v) is 52.4. The third-order valence-corrected chi connectivity index (χ3v) is 21.9. The van der Waals surface area contributed by atoms with Crippen molar-refractivity contribution in [1.82, 2.24) is 4.98 Å². The molecule has 0 saturated heterocycles. The van der Waals surface area contributed by atoms with E-state index in [0.29, 0.717) is 0 Å². The predicted molar refractivity (Wildman–Crippen MR) is 389 cm³/mol. The molecule has 13 aromatic carbocycles. The van der Waals surface area contributed by atoms with Gasteiger partial charge in [0.05, 0.1) is 0 Å². The van der Waals surface area contributed by atoms with Gasteiger partial charge < -0.3 is 0 Å². The van der Waals surface area contributed by atoms with Gasteiger partial charge >= 0.3 is 551 Å². The van der Waals surface area contributed by atoms with Crippen LogP contribution in [0.4, 0.5) is 85.3 Å². The molecule has 4 aliphatic heterocycles. The number of fused-ring (bicyclic) bond motifs is 8. The Morgan fingerprint density at radius 2 is 0.717 bits per heavy atom. The number of hydrogen-bond donors (Lipinski definition) is 0. The number of benzene rings is 13. The van der Waals surface area contributed by atoms with Crippen molar-refractivity contribution in [2.75, 3.05) is 24.5 Å². The van der Waals surface area contributed by atoms with Crippen molar-refractivity contribution in [2.45, 2.75) is 0 Å². The van der Waals surface area contributed by atoms with Crippen molar-refractivity contribution in [2.24, 2.45) is 0 Å². The topological polar surface area (TPSA) is 29.1 Å². The van der Waals surface area contributed by atoms with E-state index in [1.807, 2.05) is 12.3 Å². The Hall–Kier alpha value is -11.1. The molecule has 6 nitrogen and oxygen atoms in total. The average molecular weight is 1290 g/mol. The molecule has 0 fully saturated rings. The van der Waals surface area contributed by atoms with Gasteiger partial charge in [0.2, 0.25) is 0 Å². The van der Waals surface area contributed by atoms with E-state index >= 15 is 0 Å². The molecular weight excluding hydrogens is 1230 g/mol. The molecule has 14 aromatic rings. The van der Waals surface area contributed by atoms with Gasteiger partial charge in [0.1, 0.15) is 0 Å². The molecule has 430 valence electrons. The number of hydrogen-bond acceptors (Lipinski definition) is 6. The summed E-state index contributed by atoms with van der Waals surface area (Å²) in [5.41, 5.74) is 29.0. The summed E-state index contributed by atoms with van der Waals surface area (Å²) in [6, 6.07) is 123. The summed E-state index contributed by atoms with van der Waals surface area (Å²) in [4.78, 5) is 17.9. The Morgan fingerprint density at radius 3 is 1.24 bits per heavy atom. The summed E-state index contributed by atoms with van der Waals surface area (Å²) in [6.45, 7) is -0.228. The predicted octanol–water partition coefficient (Wildman–Crippen LogP) is 15.7. The van der Waals surface area contributed by atoms with Crippen LogP contribution in [0.25, 0.3) is 22.4 Å². The molecule has 1 aromatic heterocycles. The second-order valence-corrected chi connectivity index (χ2v) is 26.9. The first kappa shape index (κ1) is 53.9. The first-order valence-electron chi connectivity index (χ1n) is 31.5. The van der Waals surface area contributed by atoms with Crippen LogP contribution in [0.2, 0.25) is 0 Å². The third kappa shape index (κ3) is 8.83. The molecule has 18 rings (SSSR count). The van der Waals surface area contributed by atoms with E-state index in [9.17, 15) is 0 Å². The molecule has 5 heterocycles. The Bertz CT molecular complexity index is 4970. The van der Waals surface area contributed by atoms with Crippen LogP contribution >= 0.6 is 0 Å². The van der Waals surface area contributed by atoms with Gasteiger partial charge in [-0.25, -0.2) is 0 Å². The Morgan fingerprint density at radius 1 is 0.283 bits per heavy atom. The van der Waals surface area contributed by atoms with Crippen LogP contribution in [0.5, 0.6) is 0 Å². The molecule has 0 atom stereocenters. The summed E-state index contributed by atoms with van der Waals surface area (Å²) in [5.74, 6) is 0. The molecule has 0 saturated carbocycles. The van der Waals surface area contributed by atoms with Gasteiger partial charge in [-0.05, 0) is 0 Å². The SMILES string of the molecule is c1ccc(-c2cccc(-c3ccccn3)c2N2c3cc4c(cc3B3c5ccccc5N(c5ccccc5)c5cc(N(c6ccccc6)c6ccccc6)cc2c53)B2c3ccccc3N(c3ccccc3)c3cc(N(c5ccccc5)c5ccccc5)cc(c32)[Te]4)cc1. The van der Waals surface area contributed by atoms with E-state index in [0.717, 1.165) is 90.6 Å². The van der Waals surface area contributed by atoms with Gasteiger partial charge in [0.15, 0.2) is 0 Å². The van der Waals surface area contributed by atoms with Gasteiger partial charge in [-0.1, -0.05) is 0 Å². The second-order valence-electron chi connectivity index (χ2n) is 23.8. The number of aromatic nitrogens is 1. The molecular formula is C83H56B2N6Te. The minimum absolute atomic E-state index is 0.0615. The van der Waals surface area contributed by atoms with Crippen LogP contribution in [0.15, 0.2) is 340 Å². The van der Waals surface area contributed by atoms with E-state index in [-0.39, 0.29) is 13.4 Å². The summed E-state index contributed by atoms with van der Waals surface area (Å²) < 4.78 is 2.86. The molecule has 0 N–H and O–H groups in total. The van der Waals surface area contributed by atoms with E-state index in [1.54, 1.807) is 0 Å². The van der Waals surface area contributed by atoms with E-state index in [1.165, 1.54) is 57.1 Å². The zero-order chi connectivity index (χ0) is 60.6. The number of nitrogens with zero attached hydrogens (tertiary/aromatic N) is 6. The van der Waals surface area contributed by atoms with Crippen molar-refractivity contribution < 1.29 is 0 Å². The van der Waals surface area contributed by atoms with Crippen LogP contribution in [0, 0.1) is 0 Å². The van der Waals surface area contributed by atoms with E-state index in [2.05, 4.69) is 352 Å². The van der Waals surface area contributed by atoms with Crippen molar-refractivity contribution >= 4 is 160 Å². The van der Waals surface area contributed by atoms with E-state index < -0.39 is 20.9 Å². The fourth-order valence-electron chi connectivity index (χ4n) is 14.9. The van der Waals surface area contributed by atoms with Crippen molar-refractivity contribution in [3.05, 3.63) is 340 Å². The van der Waals surface area contributed by atoms with Crippen LogP contribution in [0.1, 0.15) is 0 Å². The summed E-state index contributed by atoms with van der Waals surface area (Å²) in [6.07, 6.45) is 1.93. The van der Waals surface area contributed by atoms with Gasteiger partial charge in [-0.2, -0.15) is 0 Å². The standard InChI is InChI=1S/C83H56B2N6Te/c1-8-29-57(30-9-1)66-43-28-44-67(72-47-26-27-50-86-72)83(66)91-75-56-79-71(85-69-46-23-25-49-74(69)90(63-41-20-7-21-42-63)78-53-65(54-80(92-79)82(78)85)88(60-35-14-4-15-36-60)61-37-16-5-17-38-61)55-70(75)84-68-45-22-24-48-73(68)89(62-39-18-6-19-40-62)76-51-64(52-77(91)81(76)84)87(58-31-10-2-11-32-58)59-33-12-3-13-34-59/h1-56H. The first-order valence-corrected chi connectivity index (χ1v) is 33.8. The van der Waals surface area contributed by atoms with Crippen molar-refractivity contribution in [3.63, 3.8) is 0 Å². The Balaban J connectivity index is 0.971. The molecule has 0 unspecified atom stereocenters. The van der Waals surface area contributed by atoms with Crippen LogP contribution in [0.3, 0.4) is 0 Å². The number of rotatable bonds is 11. The number of anilines is 15. The van der Waals surface area contributed by atoms with Crippen molar-refractivity contribution in [3.8, 4) is 22.4 Å². The maximum absolute atomic E-state index is 5.22. The van der Waals surface area contributed by atoms with E-state index in [4.69, 9.17) is 4.98 Å². The number of pyridine rings is 1. The second kappa shape index (κ2) is 22.5. The average Bonchev–Trinajstić information content (AvgIpc) is 0.690.